The third-order valence-electron chi connectivity index (χ3n) is 7.91. The van der Waals surface area contributed by atoms with E-state index in [-0.39, 0.29) is 46.8 Å². The Bertz CT molecular complexity index is 605. The zero-order valence-electron chi connectivity index (χ0n) is 16.1. The third-order valence-corrected chi connectivity index (χ3v) is 8.17. The molecule has 0 aliphatic heterocycles. The zero-order chi connectivity index (χ0) is 19.3. The summed E-state index contributed by atoms with van der Waals surface area (Å²) in [5.41, 5.74) is -0.746. The molecule has 0 spiro atoms. The fourth-order valence-electron chi connectivity index (χ4n) is 6.31. The molecule has 0 saturated heterocycles. The third kappa shape index (κ3) is 2.86. The number of esters is 1. The minimum absolute atomic E-state index is 0.0109. The highest BCUT2D eigenvalue weighted by Crippen LogP contribution is 2.63. The fourth-order valence-corrected chi connectivity index (χ4v) is 6.38. The van der Waals surface area contributed by atoms with Crippen molar-refractivity contribution in [1.29, 1.82) is 0 Å². The standard InChI is InChI=1S/C21H32O4S/c1-5-20(4)10-15(25-16(23)11-26)17-12(2)6-8-21(13(3)19(20)24)9-7-14(22)18(17)21/h5,12-13,15,17-19,24,26H,1,6-11H2,2-4H3. The van der Waals surface area contributed by atoms with Gasteiger partial charge in [-0.3, -0.25) is 9.59 Å². The maximum absolute atomic E-state index is 13.0. The van der Waals surface area contributed by atoms with Crippen LogP contribution in [0.5, 0.6) is 0 Å². The van der Waals surface area contributed by atoms with E-state index in [1.165, 1.54) is 0 Å². The predicted octanol–water partition coefficient (Wildman–Crippen LogP) is 3.43. The van der Waals surface area contributed by atoms with E-state index in [9.17, 15) is 14.7 Å². The quantitative estimate of drug-likeness (QED) is 0.447. The summed E-state index contributed by atoms with van der Waals surface area (Å²) in [7, 11) is 0. The largest absolute Gasteiger partial charge is 0.461 e. The van der Waals surface area contributed by atoms with Gasteiger partial charge >= 0.3 is 5.97 Å². The van der Waals surface area contributed by atoms with E-state index in [1.807, 2.05) is 13.0 Å². The number of ketones is 1. The van der Waals surface area contributed by atoms with E-state index >= 15 is 0 Å². The lowest BCUT2D eigenvalue weighted by Crippen LogP contribution is -2.58. The Hall–Kier alpha value is -0.810. The Labute approximate surface area is 162 Å². The Morgan fingerprint density at radius 2 is 2.12 bits per heavy atom. The summed E-state index contributed by atoms with van der Waals surface area (Å²) in [5.74, 6) is 0.157. The molecule has 3 fully saturated rings. The number of rotatable bonds is 3. The van der Waals surface area contributed by atoms with Crippen molar-refractivity contribution >= 4 is 24.4 Å². The summed E-state index contributed by atoms with van der Waals surface area (Å²) in [6.07, 6.45) is 4.67. The van der Waals surface area contributed by atoms with Crippen LogP contribution in [-0.2, 0) is 14.3 Å². The number of carbonyl (C=O) groups excluding carboxylic acids is 2. The molecule has 8 atom stereocenters. The second kappa shape index (κ2) is 6.97. The van der Waals surface area contributed by atoms with Gasteiger partial charge in [-0.15, -0.1) is 6.58 Å². The second-order valence-electron chi connectivity index (χ2n) is 9.10. The van der Waals surface area contributed by atoms with Crippen molar-refractivity contribution < 1.29 is 19.4 Å². The normalized spacial score (nSPS) is 48.3. The van der Waals surface area contributed by atoms with Gasteiger partial charge in [0.2, 0.25) is 0 Å². The SMILES string of the molecule is C=CC1(C)CC(OC(=O)CS)C2C(C)CCC3(CCC(=O)C23)C(C)C1O. The highest BCUT2D eigenvalue weighted by atomic mass is 32.1. The molecule has 3 rings (SSSR count). The summed E-state index contributed by atoms with van der Waals surface area (Å²) >= 11 is 4.06. The zero-order valence-corrected chi connectivity index (χ0v) is 17.0. The topological polar surface area (TPSA) is 63.6 Å². The molecule has 3 saturated carbocycles. The van der Waals surface area contributed by atoms with Gasteiger partial charge in [-0.2, -0.15) is 12.6 Å². The molecular weight excluding hydrogens is 348 g/mol. The number of thiol groups is 1. The maximum Gasteiger partial charge on any atom is 0.315 e. The summed E-state index contributed by atoms with van der Waals surface area (Å²) in [6.45, 7) is 10.3. The Kier molecular flexibility index (Phi) is 5.35. The van der Waals surface area contributed by atoms with Crippen molar-refractivity contribution in [3.05, 3.63) is 12.7 Å². The molecule has 3 aliphatic rings. The van der Waals surface area contributed by atoms with E-state index in [4.69, 9.17) is 4.74 Å². The lowest BCUT2D eigenvalue weighted by Gasteiger charge is -2.57. The molecule has 1 N–H and O–H groups in total. The number of aliphatic hydroxyl groups is 1. The molecule has 0 amide bonds. The average molecular weight is 381 g/mol. The first kappa shape index (κ1) is 19.9. The summed E-state index contributed by atoms with van der Waals surface area (Å²) < 4.78 is 5.84. The predicted molar refractivity (Wildman–Crippen MR) is 104 cm³/mol. The first-order valence-corrected chi connectivity index (χ1v) is 10.5. The smallest absolute Gasteiger partial charge is 0.315 e. The molecule has 0 aromatic carbocycles. The minimum Gasteiger partial charge on any atom is -0.461 e. The van der Waals surface area contributed by atoms with E-state index in [1.54, 1.807) is 0 Å². The van der Waals surface area contributed by atoms with Gasteiger partial charge in [0.15, 0.2) is 0 Å². The first-order chi connectivity index (χ1) is 12.2. The van der Waals surface area contributed by atoms with E-state index in [2.05, 4.69) is 33.1 Å². The average Bonchev–Trinajstić information content (AvgIpc) is 2.97. The monoisotopic (exact) mass is 380 g/mol. The molecule has 2 bridgehead atoms. The van der Waals surface area contributed by atoms with Gasteiger partial charge < -0.3 is 9.84 Å². The highest BCUT2D eigenvalue weighted by Gasteiger charge is 2.63. The molecule has 146 valence electrons. The van der Waals surface area contributed by atoms with Crippen LogP contribution in [0.3, 0.4) is 0 Å². The number of Topliss-reactive ketones (excluding diaryl/α,β-unsaturated/α-hetero) is 1. The molecule has 0 radical (unpaired) electrons. The lowest BCUT2D eigenvalue weighted by molar-refractivity contribution is -0.178. The van der Waals surface area contributed by atoms with Crippen LogP contribution < -0.4 is 0 Å². The highest BCUT2D eigenvalue weighted by molar-refractivity contribution is 7.81. The number of ether oxygens (including phenoxy) is 1. The lowest BCUT2D eigenvalue weighted by atomic mass is 9.49. The van der Waals surface area contributed by atoms with E-state index < -0.39 is 11.5 Å². The molecule has 0 heterocycles. The van der Waals surface area contributed by atoms with Crippen molar-refractivity contribution in [2.45, 2.75) is 65.1 Å². The van der Waals surface area contributed by atoms with E-state index in [0.29, 0.717) is 18.8 Å². The van der Waals surface area contributed by atoms with Crippen LogP contribution >= 0.6 is 12.6 Å². The molecule has 3 aliphatic carbocycles. The second-order valence-corrected chi connectivity index (χ2v) is 9.42. The summed E-state index contributed by atoms with van der Waals surface area (Å²) in [6, 6.07) is 0. The van der Waals surface area contributed by atoms with Crippen LogP contribution in [0.1, 0.15) is 52.9 Å². The number of hydrogen-bond donors (Lipinski definition) is 2. The molecular formula is C21H32O4S. The number of carbonyl (C=O) groups is 2. The molecule has 4 nitrogen and oxygen atoms in total. The van der Waals surface area contributed by atoms with Crippen LogP contribution in [0.25, 0.3) is 0 Å². The van der Waals surface area contributed by atoms with Crippen molar-refractivity contribution in [3.8, 4) is 0 Å². The van der Waals surface area contributed by atoms with E-state index in [0.717, 1.165) is 19.3 Å². The number of hydrogen-bond acceptors (Lipinski definition) is 5. The van der Waals surface area contributed by atoms with Crippen molar-refractivity contribution in [1.82, 2.24) is 0 Å². The van der Waals surface area contributed by atoms with Crippen LogP contribution in [0.4, 0.5) is 0 Å². The van der Waals surface area contributed by atoms with Gasteiger partial charge in [0, 0.05) is 23.7 Å². The van der Waals surface area contributed by atoms with Crippen LogP contribution in [0.2, 0.25) is 0 Å². The Morgan fingerprint density at radius 3 is 2.73 bits per heavy atom. The van der Waals surface area contributed by atoms with Crippen molar-refractivity contribution in [2.75, 3.05) is 5.75 Å². The summed E-state index contributed by atoms with van der Waals surface area (Å²) in [5, 5.41) is 11.3. The van der Waals surface area contributed by atoms with Gasteiger partial charge in [-0.25, -0.2) is 0 Å². The molecule has 8 unspecified atom stereocenters. The maximum atomic E-state index is 13.0. The number of aliphatic hydroxyl groups excluding tert-OH is 1. The van der Waals surface area contributed by atoms with Gasteiger partial charge in [-0.05, 0) is 42.9 Å². The van der Waals surface area contributed by atoms with Gasteiger partial charge in [0.05, 0.1) is 11.9 Å². The first-order valence-electron chi connectivity index (χ1n) is 9.85. The van der Waals surface area contributed by atoms with Gasteiger partial charge in [0.1, 0.15) is 11.9 Å². The van der Waals surface area contributed by atoms with Gasteiger partial charge in [0.25, 0.3) is 0 Å². The van der Waals surface area contributed by atoms with Gasteiger partial charge in [-0.1, -0.05) is 26.8 Å². The molecule has 26 heavy (non-hydrogen) atoms. The van der Waals surface area contributed by atoms with Crippen molar-refractivity contribution in [3.63, 3.8) is 0 Å². The molecule has 0 aromatic heterocycles. The molecule has 5 heteroatoms. The Balaban J connectivity index is 2.12. The molecule has 0 aromatic rings. The van der Waals surface area contributed by atoms with Crippen LogP contribution in [0.15, 0.2) is 12.7 Å². The van der Waals surface area contributed by atoms with Crippen LogP contribution in [0, 0.1) is 34.5 Å². The van der Waals surface area contributed by atoms with Crippen molar-refractivity contribution in [2.24, 2.45) is 34.5 Å². The summed E-state index contributed by atoms with van der Waals surface area (Å²) in [4.78, 5) is 25.0. The minimum atomic E-state index is -0.611. The Morgan fingerprint density at radius 1 is 1.42 bits per heavy atom. The van der Waals surface area contributed by atoms with Crippen LogP contribution in [-0.4, -0.2) is 34.8 Å². The fraction of sp³-hybridized carbons (Fsp3) is 0.810.